The molecule has 0 aliphatic heterocycles. The molecule has 1 atom stereocenters. The Morgan fingerprint density at radius 1 is 1.26 bits per heavy atom. The highest BCUT2D eigenvalue weighted by molar-refractivity contribution is 6.33. The Morgan fingerprint density at radius 3 is 2.61 bits per heavy atom. The van der Waals surface area contributed by atoms with E-state index in [0.717, 1.165) is 6.07 Å². The van der Waals surface area contributed by atoms with E-state index in [1.54, 1.807) is 12.1 Å². The molecule has 0 saturated heterocycles. The topological polar surface area (TPSA) is 81.4 Å². The number of primary amides is 1. The Balaban J connectivity index is 2.10. The monoisotopic (exact) mass is 336 g/mol. The van der Waals surface area contributed by atoms with Crippen LogP contribution >= 0.6 is 11.6 Å². The van der Waals surface area contributed by atoms with Crippen molar-refractivity contribution < 1.29 is 18.7 Å². The number of hydrogen-bond donors (Lipinski definition) is 2. The van der Waals surface area contributed by atoms with Gasteiger partial charge < -0.3 is 15.8 Å². The number of anilines is 1. The minimum absolute atomic E-state index is 0.0723. The number of ether oxygens (including phenoxy) is 1. The summed E-state index contributed by atoms with van der Waals surface area (Å²) in [6.45, 7) is 1.50. The summed E-state index contributed by atoms with van der Waals surface area (Å²) in [5.41, 5.74) is 5.69. The molecule has 23 heavy (non-hydrogen) atoms. The summed E-state index contributed by atoms with van der Waals surface area (Å²) >= 11 is 5.85. The van der Waals surface area contributed by atoms with Crippen molar-refractivity contribution in [3.8, 4) is 5.75 Å². The number of hydrogen-bond acceptors (Lipinski definition) is 3. The Hall–Kier alpha value is -2.60. The number of halogens is 2. The molecular weight excluding hydrogens is 323 g/mol. The van der Waals surface area contributed by atoms with Crippen LogP contribution in [0.15, 0.2) is 42.5 Å². The molecule has 0 aliphatic carbocycles. The number of nitrogens with one attached hydrogen (secondary N) is 1. The second-order valence-electron chi connectivity index (χ2n) is 4.73. The maximum absolute atomic E-state index is 13.0. The van der Waals surface area contributed by atoms with Gasteiger partial charge >= 0.3 is 0 Å². The van der Waals surface area contributed by atoms with Crippen molar-refractivity contribution >= 4 is 29.1 Å². The van der Waals surface area contributed by atoms with Crippen LogP contribution in [0.4, 0.5) is 10.1 Å². The Morgan fingerprint density at radius 2 is 1.96 bits per heavy atom. The number of nitrogens with two attached hydrogens (primary N) is 1. The fraction of sp³-hybridized carbons (Fsp3) is 0.125. The Bertz CT molecular complexity index is 752. The first-order valence-corrected chi connectivity index (χ1v) is 7.07. The maximum Gasteiger partial charge on any atom is 0.265 e. The third-order valence-electron chi connectivity index (χ3n) is 3.01. The van der Waals surface area contributed by atoms with E-state index in [0.29, 0.717) is 0 Å². The molecule has 5 nitrogen and oxygen atoms in total. The lowest BCUT2D eigenvalue weighted by Gasteiger charge is -2.16. The number of carbonyl (C=O) groups excluding carboxylic acids is 2. The fourth-order valence-electron chi connectivity index (χ4n) is 1.84. The van der Waals surface area contributed by atoms with Gasteiger partial charge in [-0.2, -0.15) is 0 Å². The minimum Gasteiger partial charge on any atom is -0.480 e. The smallest absolute Gasteiger partial charge is 0.265 e. The van der Waals surface area contributed by atoms with E-state index in [1.165, 1.54) is 31.2 Å². The fourth-order valence-corrected chi connectivity index (χ4v) is 2.06. The summed E-state index contributed by atoms with van der Waals surface area (Å²) in [5, 5.41) is 2.60. The minimum atomic E-state index is -0.920. The van der Waals surface area contributed by atoms with Gasteiger partial charge in [0.2, 0.25) is 0 Å². The molecule has 0 heterocycles. The highest BCUT2D eigenvalue weighted by atomic mass is 35.5. The molecule has 0 unspecified atom stereocenters. The van der Waals surface area contributed by atoms with Gasteiger partial charge in [-0.05, 0) is 37.3 Å². The number of rotatable bonds is 5. The van der Waals surface area contributed by atoms with Crippen LogP contribution in [0, 0.1) is 5.82 Å². The molecule has 0 aliphatic rings. The molecule has 2 aromatic carbocycles. The van der Waals surface area contributed by atoms with Crippen molar-refractivity contribution in [1.29, 1.82) is 0 Å². The normalized spacial score (nSPS) is 11.6. The van der Waals surface area contributed by atoms with E-state index < -0.39 is 23.7 Å². The molecule has 0 spiro atoms. The quantitative estimate of drug-likeness (QED) is 0.880. The lowest BCUT2D eigenvalue weighted by Crippen LogP contribution is -2.31. The molecule has 0 aromatic heterocycles. The average Bonchev–Trinajstić information content (AvgIpc) is 2.50. The predicted octanol–water partition coefficient (Wildman–Crippen LogP) is 2.98. The standard InChI is InChI=1S/C16H14ClFN2O3/c1-9(23-14-5-3-2-4-11(14)15(19)21)16(22)20-13-7-6-10(18)8-12(13)17/h2-9H,1H3,(H2,19,21)(H,20,22)/t9-/m1/s1. The molecular formula is C16H14ClFN2O3. The molecule has 120 valence electrons. The molecule has 0 radical (unpaired) electrons. The van der Waals surface area contributed by atoms with Crippen LogP contribution in [0.3, 0.4) is 0 Å². The number of carbonyl (C=O) groups is 2. The van der Waals surface area contributed by atoms with E-state index in [9.17, 15) is 14.0 Å². The molecule has 0 saturated carbocycles. The Kier molecular flexibility index (Phi) is 5.18. The molecule has 2 amide bonds. The van der Waals surface area contributed by atoms with Crippen LogP contribution in [-0.2, 0) is 4.79 Å². The van der Waals surface area contributed by atoms with Crippen LogP contribution in [0.1, 0.15) is 17.3 Å². The van der Waals surface area contributed by atoms with Crippen molar-refractivity contribution in [2.45, 2.75) is 13.0 Å². The van der Waals surface area contributed by atoms with Crippen molar-refractivity contribution in [3.63, 3.8) is 0 Å². The summed E-state index contributed by atoms with van der Waals surface area (Å²) in [6.07, 6.45) is -0.920. The lowest BCUT2D eigenvalue weighted by molar-refractivity contribution is -0.122. The van der Waals surface area contributed by atoms with E-state index in [-0.39, 0.29) is 22.0 Å². The summed E-state index contributed by atoms with van der Waals surface area (Å²) < 4.78 is 18.5. The average molecular weight is 337 g/mol. The van der Waals surface area contributed by atoms with Gasteiger partial charge in [-0.3, -0.25) is 9.59 Å². The van der Waals surface area contributed by atoms with Crippen LogP contribution in [0.2, 0.25) is 5.02 Å². The van der Waals surface area contributed by atoms with E-state index in [1.807, 2.05) is 0 Å². The van der Waals surface area contributed by atoms with Crippen molar-refractivity contribution in [3.05, 3.63) is 58.9 Å². The summed E-state index contributed by atoms with van der Waals surface area (Å²) in [6, 6.07) is 9.94. The summed E-state index contributed by atoms with van der Waals surface area (Å²) in [4.78, 5) is 23.5. The summed E-state index contributed by atoms with van der Waals surface area (Å²) in [5.74, 6) is -1.46. The lowest BCUT2D eigenvalue weighted by atomic mass is 10.2. The van der Waals surface area contributed by atoms with Gasteiger partial charge in [-0.15, -0.1) is 0 Å². The number of amides is 2. The first-order valence-electron chi connectivity index (χ1n) is 6.70. The van der Waals surface area contributed by atoms with Crippen LogP contribution < -0.4 is 15.8 Å². The number of benzene rings is 2. The molecule has 0 bridgehead atoms. The zero-order valence-corrected chi connectivity index (χ0v) is 12.9. The predicted molar refractivity (Wildman–Crippen MR) is 85.1 cm³/mol. The summed E-state index contributed by atoms with van der Waals surface area (Å²) in [7, 11) is 0. The van der Waals surface area contributed by atoms with Gasteiger partial charge in [-0.1, -0.05) is 23.7 Å². The van der Waals surface area contributed by atoms with Crippen molar-refractivity contribution in [1.82, 2.24) is 0 Å². The second-order valence-corrected chi connectivity index (χ2v) is 5.14. The SMILES string of the molecule is C[C@@H](Oc1ccccc1C(N)=O)C(=O)Nc1ccc(F)cc1Cl. The highest BCUT2D eigenvalue weighted by Crippen LogP contribution is 2.23. The van der Waals surface area contributed by atoms with Crippen LogP contribution in [-0.4, -0.2) is 17.9 Å². The van der Waals surface area contributed by atoms with Crippen molar-refractivity contribution in [2.24, 2.45) is 5.73 Å². The van der Waals surface area contributed by atoms with E-state index in [4.69, 9.17) is 22.1 Å². The van der Waals surface area contributed by atoms with Crippen molar-refractivity contribution in [2.75, 3.05) is 5.32 Å². The molecule has 0 fully saturated rings. The largest absolute Gasteiger partial charge is 0.480 e. The van der Waals surface area contributed by atoms with E-state index in [2.05, 4.69) is 5.32 Å². The molecule has 2 aromatic rings. The third kappa shape index (κ3) is 4.20. The zero-order valence-electron chi connectivity index (χ0n) is 12.2. The Labute approximate surface area is 137 Å². The number of para-hydroxylation sites is 1. The van der Waals surface area contributed by atoms with Gasteiger partial charge in [0.25, 0.3) is 11.8 Å². The molecule has 7 heteroatoms. The van der Waals surface area contributed by atoms with Crippen LogP contribution in [0.25, 0.3) is 0 Å². The van der Waals surface area contributed by atoms with Gasteiger partial charge in [0, 0.05) is 0 Å². The maximum atomic E-state index is 13.0. The zero-order chi connectivity index (χ0) is 17.0. The van der Waals surface area contributed by atoms with Gasteiger partial charge in [0.05, 0.1) is 16.3 Å². The van der Waals surface area contributed by atoms with Gasteiger partial charge in [0.15, 0.2) is 6.10 Å². The van der Waals surface area contributed by atoms with Gasteiger partial charge in [-0.25, -0.2) is 4.39 Å². The first kappa shape index (κ1) is 16.8. The molecule has 3 N–H and O–H groups in total. The molecule has 2 rings (SSSR count). The van der Waals surface area contributed by atoms with Gasteiger partial charge in [0.1, 0.15) is 11.6 Å². The van der Waals surface area contributed by atoms with Crippen LogP contribution in [0.5, 0.6) is 5.75 Å². The second kappa shape index (κ2) is 7.11. The highest BCUT2D eigenvalue weighted by Gasteiger charge is 2.18. The third-order valence-corrected chi connectivity index (χ3v) is 3.33. The first-order chi connectivity index (χ1) is 10.9. The van der Waals surface area contributed by atoms with E-state index >= 15 is 0 Å².